The van der Waals surface area contributed by atoms with E-state index in [4.69, 9.17) is 5.26 Å². The molecule has 39 heavy (non-hydrogen) atoms. The van der Waals surface area contributed by atoms with Crippen molar-refractivity contribution in [3.63, 3.8) is 0 Å². The molecule has 2 aliphatic rings. The van der Waals surface area contributed by atoms with Crippen LogP contribution >= 0.6 is 12.4 Å². The summed E-state index contributed by atoms with van der Waals surface area (Å²) in [6, 6.07) is 16.4. The van der Waals surface area contributed by atoms with Crippen molar-refractivity contribution >= 4 is 24.4 Å². The van der Waals surface area contributed by atoms with Gasteiger partial charge < -0.3 is 10.2 Å². The normalized spacial score (nSPS) is 19.4. The highest BCUT2D eigenvalue weighted by atomic mass is 35.5. The maximum atomic E-state index is 12.4. The summed E-state index contributed by atoms with van der Waals surface area (Å²) in [4.78, 5) is 23.7. The van der Waals surface area contributed by atoms with Crippen molar-refractivity contribution < 1.29 is 4.79 Å². The minimum absolute atomic E-state index is 0. The van der Waals surface area contributed by atoms with Crippen LogP contribution in [0, 0.1) is 17.2 Å². The molecule has 0 radical (unpaired) electrons. The molecule has 1 aliphatic heterocycles. The minimum Gasteiger partial charge on any atom is -0.350 e. The van der Waals surface area contributed by atoms with Crippen LogP contribution in [-0.2, 0) is 17.6 Å². The SMILES string of the molecule is Cl.N#Cc1ccc(C=CC(=O)NC2CCC(CCN3CCc4ccc(-c5cnccn5)cc4CC3)CC2)cc1. The van der Waals surface area contributed by atoms with Crippen LogP contribution in [-0.4, -0.2) is 46.5 Å². The molecule has 0 spiro atoms. The Morgan fingerprint density at radius 1 is 1.03 bits per heavy atom. The number of hydrogen-bond donors (Lipinski definition) is 1. The number of carbonyl (C=O) groups excluding carboxylic acids is 1. The predicted octanol–water partition coefficient (Wildman–Crippen LogP) is 5.62. The molecule has 7 heteroatoms. The molecule has 1 fully saturated rings. The summed E-state index contributed by atoms with van der Waals surface area (Å²) in [5.41, 5.74) is 6.54. The summed E-state index contributed by atoms with van der Waals surface area (Å²) in [5.74, 6) is 0.704. The minimum atomic E-state index is -0.0376. The number of carbonyl (C=O) groups is 1. The van der Waals surface area contributed by atoms with E-state index in [0.29, 0.717) is 5.56 Å². The molecule has 2 heterocycles. The third kappa shape index (κ3) is 7.98. The summed E-state index contributed by atoms with van der Waals surface area (Å²) in [5, 5.41) is 12.1. The highest BCUT2D eigenvalue weighted by Crippen LogP contribution is 2.28. The van der Waals surface area contributed by atoms with Crippen LogP contribution in [0.5, 0.6) is 0 Å². The molecule has 1 N–H and O–H groups in total. The number of fused-ring (bicyclic) bond motifs is 1. The summed E-state index contributed by atoms with van der Waals surface area (Å²) in [7, 11) is 0. The third-order valence-electron chi connectivity index (χ3n) is 7.97. The van der Waals surface area contributed by atoms with Gasteiger partial charge in [0.05, 0.1) is 23.5 Å². The van der Waals surface area contributed by atoms with Crippen LogP contribution in [0.15, 0.2) is 67.1 Å². The predicted molar refractivity (Wildman–Crippen MR) is 157 cm³/mol. The number of nitriles is 1. The van der Waals surface area contributed by atoms with E-state index in [1.54, 1.807) is 36.7 Å². The van der Waals surface area contributed by atoms with Crippen molar-refractivity contribution in [1.82, 2.24) is 20.2 Å². The fourth-order valence-electron chi connectivity index (χ4n) is 5.65. The van der Waals surface area contributed by atoms with Gasteiger partial charge in [0.1, 0.15) is 0 Å². The lowest BCUT2D eigenvalue weighted by Gasteiger charge is -2.30. The Morgan fingerprint density at radius 3 is 2.51 bits per heavy atom. The second-order valence-electron chi connectivity index (χ2n) is 10.5. The van der Waals surface area contributed by atoms with Crippen molar-refractivity contribution in [3.8, 4) is 17.3 Å². The maximum absolute atomic E-state index is 12.4. The van der Waals surface area contributed by atoms with Crippen molar-refractivity contribution in [2.45, 2.75) is 51.0 Å². The standard InChI is InChI=1S/C32H35N5O.ClH/c33-22-26-3-1-24(2-4-26)7-12-32(38)36-30-10-5-25(6-11-30)13-18-37-19-14-27-8-9-29(21-28(27)15-20-37)31-23-34-16-17-35-31;/h1-4,7-9,12,16-17,21,23,25,30H,5-6,10-11,13-15,18-20H2,(H,36,38);1H. The van der Waals surface area contributed by atoms with E-state index in [1.807, 2.05) is 18.3 Å². The second-order valence-corrected chi connectivity index (χ2v) is 10.5. The fraction of sp³-hybridized carbons (Fsp3) is 0.375. The van der Waals surface area contributed by atoms with Crippen molar-refractivity contribution in [2.75, 3.05) is 19.6 Å². The van der Waals surface area contributed by atoms with E-state index < -0.39 is 0 Å². The smallest absolute Gasteiger partial charge is 0.244 e. The Labute approximate surface area is 237 Å². The van der Waals surface area contributed by atoms with Gasteiger partial charge in [0.25, 0.3) is 0 Å². The number of rotatable bonds is 7. The van der Waals surface area contributed by atoms with Crippen molar-refractivity contribution in [2.24, 2.45) is 5.92 Å². The van der Waals surface area contributed by atoms with Crippen LogP contribution in [0.4, 0.5) is 0 Å². The van der Waals surface area contributed by atoms with Gasteiger partial charge in [-0.3, -0.25) is 14.8 Å². The molecule has 1 amide bonds. The first kappa shape index (κ1) is 28.5. The van der Waals surface area contributed by atoms with E-state index in [1.165, 1.54) is 30.4 Å². The van der Waals surface area contributed by atoms with Crippen molar-refractivity contribution in [1.29, 1.82) is 5.26 Å². The lowest BCUT2D eigenvalue weighted by molar-refractivity contribution is -0.117. The Bertz CT molecular complexity index is 1290. The number of benzene rings is 2. The molecule has 1 aromatic heterocycles. The summed E-state index contributed by atoms with van der Waals surface area (Å²) >= 11 is 0. The average Bonchev–Trinajstić information content (AvgIpc) is 3.18. The summed E-state index contributed by atoms with van der Waals surface area (Å²) in [6.45, 7) is 3.38. The number of nitrogens with zero attached hydrogens (tertiary/aromatic N) is 4. The lowest BCUT2D eigenvalue weighted by atomic mass is 9.84. The van der Waals surface area contributed by atoms with Crippen molar-refractivity contribution in [3.05, 3.63) is 89.4 Å². The van der Waals surface area contributed by atoms with Gasteiger partial charge >= 0.3 is 0 Å². The first-order valence-corrected chi connectivity index (χ1v) is 13.8. The zero-order valence-corrected chi connectivity index (χ0v) is 23.1. The van der Waals surface area contributed by atoms with Gasteiger partial charge in [-0.15, -0.1) is 12.4 Å². The zero-order chi connectivity index (χ0) is 26.2. The van der Waals surface area contributed by atoms with Gasteiger partial charge in [-0.25, -0.2) is 0 Å². The molecule has 1 aliphatic carbocycles. The van der Waals surface area contributed by atoms with Crippen LogP contribution in [0.1, 0.15) is 54.4 Å². The first-order valence-electron chi connectivity index (χ1n) is 13.8. The highest BCUT2D eigenvalue weighted by Gasteiger charge is 2.23. The molecule has 202 valence electrons. The van der Waals surface area contributed by atoms with E-state index >= 15 is 0 Å². The Hall–Kier alpha value is -3.53. The zero-order valence-electron chi connectivity index (χ0n) is 22.3. The number of nitrogens with one attached hydrogen (secondary N) is 1. The number of aromatic nitrogens is 2. The number of hydrogen-bond acceptors (Lipinski definition) is 5. The molecule has 0 unspecified atom stereocenters. The van der Waals surface area contributed by atoms with Crippen LogP contribution in [0.2, 0.25) is 0 Å². The number of halogens is 1. The van der Waals surface area contributed by atoms with Crippen LogP contribution < -0.4 is 5.32 Å². The number of amides is 1. The van der Waals surface area contributed by atoms with Gasteiger partial charge in [-0.05, 0) is 98.4 Å². The third-order valence-corrected chi connectivity index (χ3v) is 7.97. The molecule has 0 saturated heterocycles. The average molecular weight is 542 g/mol. The Kier molecular flexibility index (Phi) is 10.2. The van der Waals surface area contributed by atoms with Gasteiger partial charge in [-0.2, -0.15) is 5.26 Å². The molecule has 5 rings (SSSR count). The van der Waals surface area contributed by atoms with Crippen LogP contribution in [0.25, 0.3) is 17.3 Å². The van der Waals surface area contributed by atoms with Gasteiger partial charge in [-0.1, -0.05) is 24.3 Å². The van der Waals surface area contributed by atoms with E-state index in [0.717, 1.165) is 68.1 Å². The topological polar surface area (TPSA) is 81.9 Å². The quantitative estimate of drug-likeness (QED) is 0.393. The van der Waals surface area contributed by atoms with Crippen LogP contribution in [0.3, 0.4) is 0 Å². The van der Waals surface area contributed by atoms with E-state index in [9.17, 15) is 4.79 Å². The Balaban J connectivity index is 0.00000353. The molecule has 1 saturated carbocycles. The molecule has 3 aromatic rings. The fourth-order valence-corrected chi connectivity index (χ4v) is 5.65. The molecular formula is C32H36ClN5O. The second kappa shape index (κ2) is 14.0. The largest absolute Gasteiger partial charge is 0.350 e. The maximum Gasteiger partial charge on any atom is 0.244 e. The van der Waals surface area contributed by atoms with Gasteiger partial charge in [0, 0.05) is 43.2 Å². The lowest BCUT2D eigenvalue weighted by Crippen LogP contribution is -2.37. The molecule has 6 nitrogen and oxygen atoms in total. The van der Waals surface area contributed by atoms with E-state index in [2.05, 4.69) is 44.5 Å². The summed E-state index contributed by atoms with van der Waals surface area (Å²) < 4.78 is 0. The Morgan fingerprint density at radius 2 is 1.79 bits per heavy atom. The molecular weight excluding hydrogens is 506 g/mol. The molecule has 0 atom stereocenters. The van der Waals surface area contributed by atoms with Gasteiger partial charge in [0.15, 0.2) is 0 Å². The highest BCUT2D eigenvalue weighted by molar-refractivity contribution is 5.91. The molecule has 2 aromatic carbocycles. The first-order chi connectivity index (χ1) is 18.7. The van der Waals surface area contributed by atoms with E-state index in [-0.39, 0.29) is 24.4 Å². The molecule has 0 bridgehead atoms. The summed E-state index contributed by atoms with van der Waals surface area (Å²) in [6.07, 6.45) is 16.6. The van der Waals surface area contributed by atoms with Gasteiger partial charge in [0.2, 0.25) is 5.91 Å². The monoisotopic (exact) mass is 541 g/mol.